The molecule has 3 rings (SSSR count). The lowest BCUT2D eigenvalue weighted by Gasteiger charge is -2.35. The zero-order valence-electron chi connectivity index (χ0n) is 14.2. The lowest BCUT2D eigenvalue weighted by atomic mass is 10.2. The first-order valence-corrected chi connectivity index (χ1v) is 8.13. The predicted molar refractivity (Wildman–Crippen MR) is 89.1 cm³/mol. The molecule has 0 aromatic carbocycles. The molecule has 0 N–H and O–H groups in total. The highest BCUT2D eigenvalue weighted by atomic mass is 16.6. The fraction of sp³-hybridized carbons (Fsp3) is 0.412. The number of rotatable bonds is 4. The van der Waals surface area contributed by atoms with Crippen molar-refractivity contribution in [2.75, 3.05) is 31.1 Å². The molecule has 1 aliphatic heterocycles. The number of carbonyl (C=O) groups excluding carboxylic acids is 2. The summed E-state index contributed by atoms with van der Waals surface area (Å²) in [7, 11) is 0. The van der Waals surface area contributed by atoms with E-state index in [1.54, 1.807) is 43.3 Å². The molecule has 0 radical (unpaired) electrons. The third-order valence-corrected chi connectivity index (χ3v) is 4.00. The maximum atomic E-state index is 12.5. The van der Waals surface area contributed by atoms with E-state index in [9.17, 15) is 9.59 Å². The van der Waals surface area contributed by atoms with Crippen LogP contribution < -0.4 is 4.90 Å². The van der Waals surface area contributed by atoms with Gasteiger partial charge in [-0.2, -0.15) is 0 Å². The molecular formula is C17H20N4O4. The van der Waals surface area contributed by atoms with Crippen LogP contribution in [0, 0.1) is 6.92 Å². The molecule has 0 spiro atoms. The van der Waals surface area contributed by atoms with Crippen LogP contribution in [0.25, 0.3) is 0 Å². The number of amides is 1. The van der Waals surface area contributed by atoms with Crippen molar-refractivity contribution in [3.05, 3.63) is 42.1 Å². The minimum absolute atomic E-state index is 0.100. The largest absolute Gasteiger partial charge is 0.454 e. The summed E-state index contributed by atoms with van der Waals surface area (Å²) in [6, 6.07) is 4.97. The lowest BCUT2D eigenvalue weighted by Crippen LogP contribution is -2.52. The summed E-state index contributed by atoms with van der Waals surface area (Å²) in [5.41, 5.74) is 0. The van der Waals surface area contributed by atoms with Crippen molar-refractivity contribution < 1.29 is 18.7 Å². The molecule has 25 heavy (non-hydrogen) atoms. The topological polar surface area (TPSA) is 88.8 Å². The van der Waals surface area contributed by atoms with E-state index in [1.165, 1.54) is 6.07 Å². The number of hydrogen-bond donors (Lipinski definition) is 0. The molecule has 3 heterocycles. The smallest absolute Gasteiger partial charge is 0.375 e. The maximum Gasteiger partial charge on any atom is 0.375 e. The van der Waals surface area contributed by atoms with E-state index >= 15 is 0 Å². The Hall–Kier alpha value is -2.90. The summed E-state index contributed by atoms with van der Waals surface area (Å²) in [5, 5.41) is 0. The number of nitrogens with zero attached hydrogens (tertiary/aromatic N) is 4. The zero-order chi connectivity index (χ0) is 17.8. The van der Waals surface area contributed by atoms with Crippen LogP contribution in [0.5, 0.6) is 0 Å². The molecule has 1 amide bonds. The highest BCUT2D eigenvalue weighted by molar-refractivity contribution is 5.90. The van der Waals surface area contributed by atoms with Gasteiger partial charge in [-0.3, -0.25) is 4.79 Å². The SMILES string of the molecule is Cc1ccc(C(=O)O[C@H](C)C(=O)N2CCN(c3ncccn3)CC2)o1. The third-order valence-electron chi connectivity index (χ3n) is 4.00. The van der Waals surface area contributed by atoms with Crippen molar-refractivity contribution in [3.63, 3.8) is 0 Å². The molecule has 0 aliphatic carbocycles. The highest BCUT2D eigenvalue weighted by Crippen LogP contribution is 2.13. The predicted octanol–water partition coefficient (Wildman–Crippen LogP) is 1.27. The van der Waals surface area contributed by atoms with Gasteiger partial charge in [-0.25, -0.2) is 14.8 Å². The standard InChI is InChI=1S/C17H20N4O4/c1-12-4-5-14(24-12)16(23)25-13(2)15(22)20-8-10-21(11-9-20)17-18-6-3-7-19-17/h3-7,13H,8-11H2,1-2H3/t13-/m1/s1. The van der Waals surface area contributed by atoms with Gasteiger partial charge in [0.15, 0.2) is 6.10 Å². The van der Waals surface area contributed by atoms with Gasteiger partial charge in [0.05, 0.1) is 0 Å². The van der Waals surface area contributed by atoms with Gasteiger partial charge in [0, 0.05) is 38.6 Å². The number of aromatic nitrogens is 2. The average Bonchev–Trinajstić information content (AvgIpc) is 3.08. The number of hydrogen-bond acceptors (Lipinski definition) is 7. The summed E-state index contributed by atoms with van der Waals surface area (Å²) < 4.78 is 10.4. The van der Waals surface area contributed by atoms with Crippen LogP contribution >= 0.6 is 0 Å². The van der Waals surface area contributed by atoms with Crippen molar-refractivity contribution >= 4 is 17.8 Å². The zero-order valence-corrected chi connectivity index (χ0v) is 14.2. The molecule has 0 unspecified atom stereocenters. The Balaban J connectivity index is 1.52. The first-order valence-electron chi connectivity index (χ1n) is 8.13. The van der Waals surface area contributed by atoms with Crippen LogP contribution in [0.3, 0.4) is 0 Å². The molecular weight excluding hydrogens is 324 g/mol. The second-order valence-corrected chi connectivity index (χ2v) is 5.82. The lowest BCUT2D eigenvalue weighted by molar-refractivity contribution is -0.140. The highest BCUT2D eigenvalue weighted by Gasteiger charge is 2.28. The molecule has 1 saturated heterocycles. The normalized spacial score (nSPS) is 15.8. The second kappa shape index (κ2) is 7.33. The number of carbonyl (C=O) groups is 2. The molecule has 8 heteroatoms. The fourth-order valence-electron chi connectivity index (χ4n) is 2.65. The number of piperazine rings is 1. The second-order valence-electron chi connectivity index (χ2n) is 5.82. The van der Waals surface area contributed by atoms with E-state index in [4.69, 9.17) is 9.15 Å². The molecule has 1 aliphatic rings. The summed E-state index contributed by atoms with van der Waals surface area (Å²) in [6.07, 6.45) is 2.52. The fourth-order valence-corrected chi connectivity index (χ4v) is 2.65. The van der Waals surface area contributed by atoms with E-state index in [2.05, 4.69) is 9.97 Å². The van der Waals surface area contributed by atoms with Crippen LogP contribution in [0.15, 0.2) is 35.0 Å². The Kier molecular flexibility index (Phi) is 4.97. The van der Waals surface area contributed by atoms with E-state index in [-0.39, 0.29) is 11.7 Å². The quantitative estimate of drug-likeness (QED) is 0.772. The van der Waals surface area contributed by atoms with Crippen LogP contribution in [0.4, 0.5) is 5.95 Å². The summed E-state index contributed by atoms with van der Waals surface area (Å²) in [5.74, 6) is 0.520. The molecule has 8 nitrogen and oxygen atoms in total. The summed E-state index contributed by atoms with van der Waals surface area (Å²) >= 11 is 0. The van der Waals surface area contributed by atoms with Crippen molar-refractivity contribution in [3.8, 4) is 0 Å². The monoisotopic (exact) mass is 344 g/mol. The van der Waals surface area contributed by atoms with Gasteiger partial charge in [-0.1, -0.05) is 0 Å². The van der Waals surface area contributed by atoms with E-state index in [0.717, 1.165) is 0 Å². The van der Waals surface area contributed by atoms with Crippen molar-refractivity contribution in [2.45, 2.75) is 20.0 Å². The van der Waals surface area contributed by atoms with Gasteiger partial charge in [-0.05, 0) is 32.0 Å². The Morgan fingerprint density at radius 2 is 1.84 bits per heavy atom. The Labute approximate surface area is 145 Å². The first kappa shape index (κ1) is 16.9. The molecule has 2 aromatic rings. The van der Waals surface area contributed by atoms with Gasteiger partial charge in [0.1, 0.15) is 5.76 Å². The molecule has 1 fully saturated rings. The van der Waals surface area contributed by atoms with Crippen LogP contribution in [0.2, 0.25) is 0 Å². The van der Waals surface area contributed by atoms with Gasteiger partial charge in [-0.15, -0.1) is 0 Å². The first-order chi connectivity index (χ1) is 12.0. The van der Waals surface area contributed by atoms with Crippen LogP contribution in [-0.4, -0.2) is 59.0 Å². The number of aryl methyl sites for hydroxylation is 1. The van der Waals surface area contributed by atoms with Gasteiger partial charge < -0.3 is 19.0 Å². The number of furan rings is 1. The number of anilines is 1. The van der Waals surface area contributed by atoms with Crippen LogP contribution in [0.1, 0.15) is 23.2 Å². The molecule has 0 bridgehead atoms. The average molecular weight is 344 g/mol. The Morgan fingerprint density at radius 1 is 1.16 bits per heavy atom. The van der Waals surface area contributed by atoms with Crippen molar-refractivity contribution in [2.24, 2.45) is 0 Å². The maximum absolute atomic E-state index is 12.5. The van der Waals surface area contributed by atoms with Crippen molar-refractivity contribution in [1.82, 2.24) is 14.9 Å². The Morgan fingerprint density at radius 3 is 2.44 bits per heavy atom. The molecule has 132 valence electrons. The molecule has 0 saturated carbocycles. The van der Waals surface area contributed by atoms with E-state index in [0.29, 0.717) is 37.9 Å². The minimum Gasteiger partial charge on any atom is -0.454 e. The minimum atomic E-state index is -0.863. The van der Waals surface area contributed by atoms with E-state index < -0.39 is 12.1 Å². The van der Waals surface area contributed by atoms with Gasteiger partial charge in [0.2, 0.25) is 11.7 Å². The molecule has 1 atom stereocenters. The van der Waals surface area contributed by atoms with Gasteiger partial charge >= 0.3 is 5.97 Å². The summed E-state index contributed by atoms with van der Waals surface area (Å²) in [4.78, 5) is 36.6. The number of esters is 1. The van der Waals surface area contributed by atoms with Gasteiger partial charge in [0.25, 0.3) is 5.91 Å². The van der Waals surface area contributed by atoms with Crippen LogP contribution in [-0.2, 0) is 9.53 Å². The summed E-state index contributed by atoms with van der Waals surface area (Å²) in [6.45, 7) is 5.63. The third kappa shape index (κ3) is 3.96. The van der Waals surface area contributed by atoms with E-state index in [1.807, 2.05) is 4.90 Å². The Bertz CT molecular complexity index is 738. The number of ether oxygens (including phenoxy) is 1. The molecule has 2 aromatic heterocycles. The van der Waals surface area contributed by atoms with Crippen molar-refractivity contribution in [1.29, 1.82) is 0 Å².